The molecule has 0 saturated heterocycles. The number of aryl methyl sites for hydroxylation is 2. The second kappa shape index (κ2) is 15.3. The maximum atomic E-state index is 13.5. The van der Waals surface area contributed by atoms with Crippen LogP contribution in [0.25, 0.3) is 22.5 Å². The third-order valence-electron chi connectivity index (χ3n) is 8.35. The summed E-state index contributed by atoms with van der Waals surface area (Å²) >= 11 is 0. The van der Waals surface area contributed by atoms with Gasteiger partial charge in [0, 0.05) is 28.8 Å². The van der Waals surface area contributed by atoms with Crippen LogP contribution in [0.3, 0.4) is 0 Å². The lowest BCUT2D eigenvalue weighted by atomic mass is 10.1. The van der Waals surface area contributed by atoms with Crippen molar-refractivity contribution in [2.75, 3.05) is 28.8 Å². The van der Waals surface area contributed by atoms with E-state index in [1.807, 2.05) is 43.3 Å². The number of amides is 2. The van der Waals surface area contributed by atoms with Crippen molar-refractivity contribution in [3.8, 4) is 22.5 Å². The Labute approximate surface area is 311 Å². The smallest absolute Gasteiger partial charge is 0.278 e. The number of carbonyl (C=O) groups is 2. The Kier molecular flexibility index (Phi) is 10.6. The molecule has 5 aromatic rings. The first kappa shape index (κ1) is 37.4. The fourth-order valence-corrected chi connectivity index (χ4v) is 7.39. The van der Waals surface area contributed by atoms with Crippen LogP contribution in [0, 0.1) is 11.7 Å². The number of nitrogen functional groups attached to an aromatic ring is 2. The molecule has 16 nitrogen and oxygen atoms in total. The van der Waals surface area contributed by atoms with Crippen LogP contribution >= 0.6 is 0 Å². The summed E-state index contributed by atoms with van der Waals surface area (Å²) in [7, 11) is -6.66. The number of allylic oxidation sites excluding steroid dienone is 2. The Morgan fingerprint density at radius 2 is 1.33 bits per heavy atom. The zero-order valence-electron chi connectivity index (χ0n) is 29.1. The fourth-order valence-electron chi connectivity index (χ4n) is 5.33. The molecule has 0 fully saturated rings. The average molecular weight is 766 g/mol. The van der Waals surface area contributed by atoms with Crippen molar-refractivity contribution in [2.45, 2.75) is 30.2 Å². The molecular weight excluding hydrogens is 731 g/mol. The van der Waals surface area contributed by atoms with Gasteiger partial charge in [0.2, 0.25) is 15.0 Å². The maximum Gasteiger partial charge on any atom is 0.278 e. The molecule has 0 bridgehead atoms. The van der Waals surface area contributed by atoms with E-state index in [1.54, 1.807) is 30.4 Å². The molecule has 0 spiro atoms. The van der Waals surface area contributed by atoms with Gasteiger partial charge in [-0.3, -0.25) is 14.4 Å². The highest BCUT2D eigenvalue weighted by atomic mass is 32.2. The van der Waals surface area contributed by atoms with Crippen molar-refractivity contribution in [3.63, 3.8) is 0 Å². The van der Waals surface area contributed by atoms with Gasteiger partial charge in [-0.05, 0) is 31.4 Å². The summed E-state index contributed by atoms with van der Waals surface area (Å²) in [6.07, 6.45) is 11.9. The molecule has 7 N–H and O–H groups in total. The van der Waals surface area contributed by atoms with Crippen LogP contribution in [0.5, 0.6) is 0 Å². The quantitative estimate of drug-likeness (QED) is 0.120. The summed E-state index contributed by atoms with van der Waals surface area (Å²) in [5.41, 5.74) is 16.6. The number of carbonyl (C=O) groups excluding carboxylic acids is 2. The molecular formula is C36H35N11O5S2. The Hall–Kier alpha value is -6.40. The summed E-state index contributed by atoms with van der Waals surface area (Å²) in [5.74, 6) is -1.24. The molecule has 6 rings (SSSR count). The minimum Gasteiger partial charge on any atom is -0.382 e. The summed E-state index contributed by atoms with van der Waals surface area (Å²) in [6, 6.07) is 14.8. The van der Waals surface area contributed by atoms with E-state index in [9.17, 15) is 22.2 Å². The van der Waals surface area contributed by atoms with Crippen molar-refractivity contribution in [1.82, 2.24) is 35.2 Å². The summed E-state index contributed by atoms with van der Waals surface area (Å²) < 4.78 is 45.3. The number of nitrogens with two attached hydrogens (primary N) is 2. The molecule has 2 aromatic carbocycles. The van der Waals surface area contributed by atoms with Crippen LogP contribution in [0.4, 0.5) is 17.3 Å². The van der Waals surface area contributed by atoms with Crippen molar-refractivity contribution in [1.29, 1.82) is 4.78 Å². The molecule has 2 atom stereocenters. The lowest BCUT2D eigenvalue weighted by Gasteiger charge is -2.20. The number of nitrogens with one attached hydrogen (secondary N) is 3. The van der Waals surface area contributed by atoms with E-state index in [2.05, 4.69) is 40.5 Å². The third-order valence-corrected chi connectivity index (χ3v) is 11.4. The average Bonchev–Trinajstić information content (AvgIpc) is 3.15. The standard InChI is InChI=1S/C36H35N11O5S2/c1-21-3-7-23(8-4-21)28-19-40-32(37)30(46-28)34(48)44-25-11-13-27(14-12-25)54(39,52)16-15-22-5-9-24(10-6-22)29-20-41-33(38)31(47-29)35(49)45-26-17-42-36(43-18-26)53(2,50)51/h3-13,17-20,27,39H,14-16H2,1-2H3,(H2,37,40)(H2,38,41)(H,44,48)(H,45,49). The lowest BCUT2D eigenvalue weighted by Crippen LogP contribution is -2.28. The van der Waals surface area contributed by atoms with E-state index in [0.717, 1.165) is 35.3 Å². The number of benzene rings is 2. The van der Waals surface area contributed by atoms with Crippen LogP contribution in [0.2, 0.25) is 0 Å². The van der Waals surface area contributed by atoms with E-state index < -0.39 is 36.6 Å². The van der Waals surface area contributed by atoms with Gasteiger partial charge in [-0.1, -0.05) is 66.2 Å². The largest absolute Gasteiger partial charge is 0.382 e. The first-order valence-electron chi connectivity index (χ1n) is 16.4. The molecule has 2 amide bonds. The van der Waals surface area contributed by atoms with Gasteiger partial charge in [-0.2, -0.15) is 0 Å². The van der Waals surface area contributed by atoms with Crippen molar-refractivity contribution in [2.24, 2.45) is 0 Å². The third kappa shape index (κ3) is 8.79. The van der Waals surface area contributed by atoms with Crippen LogP contribution in [0.15, 0.2) is 102 Å². The van der Waals surface area contributed by atoms with E-state index >= 15 is 0 Å². The highest BCUT2D eigenvalue weighted by Gasteiger charge is 2.23. The Morgan fingerprint density at radius 1 is 0.796 bits per heavy atom. The van der Waals surface area contributed by atoms with Gasteiger partial charge in [-0.15, -0.1) is 0 Å². The summed E-state index contributed by atoms with van der Waals surface area (Å²) in [4.78, 5) is 50.5. The van der Waals surface area contributed by atoms with Crippen LogP contribution < -0.4 is 22.1 Å². The van der Waals surface area contributed by atoms with E-state index in [0.29, 0.717) is 35.5 Å². The number of anilines is 3. The van der Waals surface area contributed by atoms with Gasteiger partial charge >= 0.3 is 0 Å². The predicted octanol–water partition coefficient (Wildman–Crippen LogP) is 3.75. The topological polar surface area (TPSA) is 263 Å². The molecule has 0 radical (unpaired) electrons. The number of nitrogens with zero attached hydrogens (tertiary/aromatic N) is 6. The minimum absolute atomic E-state index is 0.00788. The molecule has 3 heterocycles. The SMILES string of the molecule is Cc1ccc(-c2cnc(N)c(C(=O)NC3=CCC(S(=N)(=O)CCc4ccc(-c5cnc(N)c(C(=O)Nc6cnc(S(C)(=O)=O)nc6)n5)cc4)C=C3)n2)cc1. The zero-order chi connectivity index (χ0) is 38.6. The highest BCUT2D eigenvalue weighted by Crippen LogP contribution is 2.24. The van der Waals surface area contributed by atoms with Crippen LogP contribution in [0.1, 0.15) is 38.5 Å². The van der Waals surface area contributed by atoms with Gasteiger partial charge in [0.1, 0.15) is 0 Å². The van der Waals surface area contributed by atoms with Crippen molar-refractivity contribution >= 4 is 48.7 Å². The minimum atomic E-state index is -3.61. The molecule has 2 unspecified atom stereocenters. The zero-order valence-corrected chi connectivity index (χ0v) is 30.7. The molecule has 0 saturated carbocycles. The number of rotatable bonds is 11. The number of hydrogen-bond donors (Lipinski definition) is 5. The molecule has 18 heteroatoms. The molecule has 54 heavy (non-hydrogen) atoms. The van der Waals surface area contributed by atoms with E-state index in [-0.39, 0.29) is 39.6 Å². The molecule has 3 aromatic heterocycles. The molecule has 1 aliphatic rings. The number of hydrogen-bond acceptors (Lipinski definition) is 14. The number of sulfone groups is 1. The van der Waals surface area contributed by atoms with Gasteiger partial charge in [0.05, 0.1) is 56.8 Å². The Balaban J connectivity index is 1.04. The Morgan fingerprint density at radius 3 is 1.85 bits per heavy atom. The van der Waals surface area contributed by atoms with E-state index in [4.69, 9.17) is 16.2 Å². The molecule has 276 valence electrons. The fraction of sp³-hybridized carbons (Fsp3) is 0.167. The second-order valence-corrected chi connectivity index (χ2v) is 16.8. The highest BCUT2D eigenvalue weighted by molar-refractivity contribution is 7.93. The van der Waals surface area contributed by atoms with Gasteiger partial charge < -0.3 is 22.1 Å². The maximum absolute atomic E-state index is 13.5. The van der Waals surface area contributed by atoms with Crippen LogP contribution in [-0.2, 0) is 26.0 Å². The van der Waals surface area contributed by atoms with E-state index in [1.165, 1.54) is 12.4 Å². The van der Waals surface area contributed by atoms with Gasteiger partial charge in [0.15, 0.2) is 23.0 Å². The second-order valence-electron chi connectivity index (χ2n) is 12.4. The normalized spacial score (nSPS) is 15.1. The van der Waals surface area contributed by atoms with Crippen molar-refractivity contribution < 1.29 is 22.2 Å². The first-order chi connectivity index (χ1) is 25.7. The van der Waals surface area contributed by atoms with Gasteiger partial charge in [-0.25, -0.2) is 42.5 Å². The molecule has 1 aliphatic carbocycles. The summed E-state index contributed by atoms with van der Waals surface area (Å²) in [5, 5.41) is 4.38. The predicted molar refractivity (Wildman–Crippen MR) is 204 cm³/mol. The molecule has 0 aliphatic heterocycles. The Bertz CT molecular complexity index is 2520. The van der Waals surface area contributed by atoms with Gasteiger partial charge in [0.25, 0.3) is 11.8 Å². The summed E-state index contributed by atoms with van der Waals surface area (Å²) in [6.45, 7) is 1.97. The monoisotopic (exact) mass is 765 g/mol. The lowest BCUT2D eigenvalue weighted by molar-refractivity contribution is 0.0961. The first-order valence-corrected chi connectivity index (χ1v) is 20.0. The number of aromatic nitrogens is 6. The van der Waals surface area contributed by atoms with Crippen LogP contribution in [-0.4, -0.2) is 71.6 Å². The van der Waals surface area contributed by atoms with Crippen molar-refractivity contribution in [3.05, 3.63) is 120 Å².